The molecule has 1 aliphatic heterocycles. The number of ether oxygens (including phenoxy) is 1. The average molecular weight is 442 g/mol. The minimum Gasteiger partial charge on any atom is -0.497 e. The summed E-state index contributed by atoms with van der Waals surface area (Å²) in [6, 6.07) is 14.6. The lowest BCUT2D eigenvalue weighted by atomic mass is 10.1. The topological polar surface area (TPSA) is 75.9 Å². The van der Waals surface area contributed by atoms with E-state index >= 15 is 0 Å². The van der Waals surface area contributed by atoms with Crippen molar-refractivity contribution in [3.05, 3.63) is 65.5 Å². The van der Waals surface area contributed by atoms with E-state index in [-0.39, 0.29) is 4.90 Å². The number of sulfonamides is 1. The zero-order chi connectivity index (χ0) is 22.0. The van der Waals surface area contributed by atoms with Crippen LogP contribution in [0.1, 0.15) is 17.0 Å². The Bertz CT molecular complexity index is 1130. The molecule has 1 aromatic heterocycles. The van der Waals surface area contributed by atoms with Crippen LogP contribution in [0.4, 0.5) is 0 Å². The third kappa shape index (κ3) is 4.66. The molecule has 0 saturated carbocycles. The summed E-state index contributed by atoms with van der Waals surface area (Å²) in [6.07, 6.45) is 0. The van der Waals surface area contributed by atoms with E-state index in [1.165, 1.54) is 5.56 Å². The van der Waals surface area contributed by atoms with Crippen LogP contribution in [0.2, 0.25) is 0 Å². The molecule has 0 unspecified atom stereocenters. The van der Waals surface area contributed by atoms with E-state index in [2.05, 4.69) is 9.88 Å². The molecule has 7 nitrogen and oxygen atoms in total. The lowest BCUT2D eigenvalue weighted by Crippen LogP contribution is -2.48. The number of benzene rings is 2. The van der Waals surface area contributed by atoms with Gasteiger partial charge < -0.3 is 9.15 Å². The van der Waals surface area contributed by atoms with Crippen LogP contribution in [-0.4, -0.2) is 55.9 Å². The monoisotopic (exact) mass is 441 g/mol. The number of nitrogens with zero attached hydrogens (tertiary/aromatic N) is 3. The van der Waals surface area contributed by atoms with Gasteiger partial charge in [-0.1, -0.05) is 17.7 Å². The molecule has 3 aromatic rings. The first-order valence-corrected chi connectivity index (χ1v) is 11.7. The molecule has 164 valence electrons. The second kappa shape index (κ2) is 8.82. The van der Waals surface area contributed by atoms with Crippen molar-refractivity contribution >= 4 is 10.0 Å². The van der Waals surface area contributed by atoms with Gasteiger partial charge in [-0.2, -0.15) is 4.31 Å². The van der Waals surface area contributed by atoms with Crippen molar-refractivity contribution in [1.29, 1.82) is 0 Å². The number of piperazine rings is 1. The molecule has 0 amide bonds. The van der Waals surface area contributed by atoms with E-state index in [0.29, 0.717) is 44.4 Å². The largest absolute Gasteiger partial charge is 0.497 e. The molecule has 4 rings (SSSR count). The third-order valence-electron chi connectivity index (χ3n) is 5.59. The normalized spacial score (nSPS) is 15.8. The molecule has 0 spiro atoms. The van der Waals surface area contributed by atoms with Gasteiger partial charge in [-0.15, -0.1) is 0 Å². The van der Waals surface area contributed by atoms with Crippen LogP contribution in [0.3, 0.4) is 0 Å². The highest BCUT2D eigenvalue weighted by molar-refractivity contribution is 7.89. The van der Waals surface area contributed by atoms with Crippen molar-refractivity contribution in [3.8, 4) is 17.2 Å². The smallest absolute Gasteiger partial charge is 0.243 e. The molecule has 0 atom stereocenters. The van der Waals surface area contributed by atoms with Crippen molar-refractivity contribution in [2.24, 2.45) is 0 Å². The summed E-state index contributed by atoms with van der Waals surface area (Å²) in [5, 5.41) is 0. The Hall–Kier alpha value is -2.68. The molecule has 31 heavy (non-hydrogen) atoms. The Kier molecular flexibility index (Phi) is 6.13. The minimum atomic E-state index is -3.51. The Balaban J connectivity index is 1.39. The molecule has 8 heteroatoms. The summed E-state index contributed by atoms with van der Waals surface area (Å²) in [6.45, 7) is 6.77. The van der Waals surface area contributed by atoms with Gasteiger partial charge in [-0.25, -0.2) is 13.4 Å². The molecule has 2 heterocycles. The van der Waals surface area contributed by atoms with Gasteiger partial charge in [0.1, 0.15) is 11.5 Å². The van der Waals surface area contributed by atoms with E-state index in [0.717, 1.165) is 17.0 Å². The quantitative estimate of drug-likeness (QED) is 0.583. The standard InChI is InChI=1S/C23H27N3O4S/c1-17-4-6-19(7-5-17)23-24-22(18(2)30-23)16-25-12-14-26(15-13-25)31(27,28)21-10-8-20(29-3)9-11-21/h4-11H,12-16H2,1-3H3. The number of hydrogen-bond acceptors (Lipinski definition) is 6. The maximum atomic E-state index is 12.9. The van der Waals surface area contributed by atoms with Crippen LogP contribution < -0.4 is 4.74 Å². The predicted molar refractivity (Wildman–Crippen MR) is 118 cm³/mol. The summed E-state index contributed by atoms with van der Waals surface area (Å²) in [5.74, 6) is 2.05. The van der Waals surface area contributed by atoms with E-state index in [1.54, 1.807) is 35.7 Å². The van der Waals surface area contributed by atoms with E-state index in [1.807, 2.05) is 38.1 Å². The highest BCUT2D eigenvalue weighted by atomic mass is 32.2. The second-order valence-corrected chi connectivity index (χ2v) is 9.68. The summed E-state index contributed by atoms with van der Waals surface area (Å²) in [7, 11) is -1.95. The second-order valence-electron chi connectivity index (χ2n) is 7.74. The molecular weight excluding hydrogens is 414 g/mol. The number of hydrogen-bond donors (Lipinski definition) is 0. The molecule has 1 aliphatic rings. The maximum Gasteiger partial charge on any atom is 0.243 e. The first-order valence-electron chi connectivity index (χ1n) is 10.3. The molecule has 2 aromatic carbocycles. The van der Waals surface area contributed by atoms with Crippen molar-refractivity contribution in [2.75, 3.05) is 33.3 Å². The van der Waals surface area contributed by atoms with Crippen LogP contribution in [0, 0.1) is 13.8 Å². The van der Waals surface area contributed by atoms with Gasteiger partial charge in [-0.05, 0) is 50.2 Å². The molecule has 1 fully saturated rings. The molecule has 0 bridgehead atoms. The Labute approximate surface area is 183 Å². The summed E-state index contributed by atoms with van der Waals surface area (Å²) in [5.41, 5.74) is 3.03. The number of methoxy groups -OCH3 is 1. The van der Waals surface area contributed by atoms with Gasteiger partial charge in [0.2, 0.25) is 15.9 Å². The lowest BCUT2D eigenvalue weighted by Gasteiger charge is -2.33. The first-order chi connectivity index (χ1) is 14.9. The molecule has 1 saturated heterocycles. The van der Waals surface area contributed by atoms with Crippen LogP contribution in [0.25, 0.3) is 11.5 Å². The van der Waals surface area contributed by atoms with Gasteiger partial charge in [0, 0.05) is 38.3 Å². The van der Waals surface area contributed by atoms with Crippen LogP contribution in [0.15, 0.2) is 57.8 Å². The van der Waals surface area contributed by atoms with Crippen molar-refractivity contribution in [1.82, 2.24) is 14.2 Å². The van der Waals surface area contributed by atoms with Crippen LogP contribution in [0.5, 0.6) is 5.75 Å². The van der Waals surface area contributed by atoms with Gasteiger partial charge in [0.15, 0.2) is 0 Å². The average Bonchev–Trinajstić information content (AvgIpc) is 3.14. The molecular formula is C23H27N3O4S. The SMILES string of the molecule is COc1ccc(S(=O)(=O)N2CCN(Cc3nc(-c4ccc(C)cc4)oc3C)CC2)cc1. The van der Waals surface area contributed by atoms with E-state index < -0.39 is 10.0 Å². The zero-order valence-electron chi connectivity index (χ0n) is 18.0. The number of aromatic nitrogens is 1. The summed E-state index contributed by atoms with van der Waals surface area (Å²) >= 11 is 0. The highest BCUT2D eigenvalue weighted by Crippen LogP contribution is 2.24. The van der Waals surface area contributed by atoms with Gasteiger partial charge in [0.25, 0.3) is 0 Å². The summed E-state index contributed by atoms with van der Waals surface area (Å²) < 4.78 is 38.4. The summed E-state index contributed by atoms with van der Waals surface area (Å²) in [4.78, 5) is 7.18. The number of rotatable bonds is 6. The molecule has 0 aliphatic carbocycles. The van der Waals surface area contributed by atoms with Gasteiger partial charge >= 0.3 is 0 Å². The highest BCUT2D eigenvalue weighted by Gasteiger charge is 2.29. The van der Waals surface area contributed by atoms with Gasteiger partial charge in [0.05, 0.1) is 17.7 Å². The number of aryl methyl sites for hydroxylation is 2. The van der Waals surface area contributed by atoms with E-state index in [4.69, 9.17) is 9.15 Å². The van der Waals surface area contributed by atoms with Gasteiger partial charge in [-0.3, -0.25) is 4.90 Å². The predicted octanol–water partition coefficient (Wildman–Crippen LogP) is 3.47. The van der Waals surface area contributed by atoms with Crippen molar-refractivity contribution in [3.63, 3.8) is 0 Å². The molecule has 0 radical (unpaired) electrons. The fourth-order valence-corrected chi connectivity index (χ4v) is 5.05. The fraction of sp³-hybridized carbons (Fsp3) is 0.348. The zero-order valence-corrected chi connectivity index (χ0v) is 18.9. The fourth-order valence-electron chi connectivity index (χ4n) is 3.63. The Morgan fingerprint density at radius 2 is 1.61 bits per heavy atom. The first kappa shape index (κ1) is 21.5. The molecule has 0 N–H and O–H groups in total. The van der Waals surface area contributed by atoms with Crippen molar-refractivity contribution in [2.45, 2.75) is 25.3 Å². The van der Waals surface area contributed by atoms with Crippen molar-refractivity contribution < 1.29 is 17.6 Å². The lowest BCUT2D eigenvalue weighted by molar-refractivity contribution is 0.179. The van der Waals surface area contributed by atoms with Crippen LogP contribution >= 0.6 is 0 Å². The Morgan fingerprint density at radius 3 is 2.23 bits per heavy atom. The van der Waals surface area contributed by atoms with Crippen LogP contribution in [-0.2, 0) is 16.6 Å². The Morgan fingerprint density at radius 1 is 0.968 bits per heavy atom. The number of oxazole rings is 1. The minimum absolute atomic E-state index is 0.289. The third-order valence-corrected chi connectivity index (χ3v) is 7.51. The maximum absolute atomic E-state index is 12.9. The van der Waals surface area contributed by atoms with E-state index in [9.17, 15) is 8.42 Å².